The number of aromatic nitrogens is 1. The Hall–Kier alpha value is -2.61. The van der Waals surface area contributed by atoms with Gasteiger partial charge in [-0.2, -0.15) is 0 Å². The van der Waals surface area contributed by atoms with Crippen LogP contribution in [0, 0.1) is 6.92 Å². The van der Waals surface area contributed by atoms with E-state index in [0.29, 0.717) is 18.8 Å². The van der Waals surface area contributed by atoms with Crippen LogP contribution in [0.3, 0.4) is 0 Å². The lowest BCUT2D eigenvalue weighted by atomic mass is 10.0. The molecule has 5 heterocycles. The Morgan fingerprint density at radius 2 is 2.03 bits per heavy atom. The van der Waals surface area contributed by atoms with Gasteiger partial charge in [-0.15, -0.1) is 11.3 Å². The van der Waals surface area contributed by atoms with Gasteiger partial charge in [0, 0.05) is 46.7 Å². The van der Waals surface area contributed by atoms with Gasteiger partial charge >= 0.3 is 5.97 Å². The highest BCUT2D eigenvalue weighted by Gasteiger charge is 2.24. The van der Waals surface area contributed by atoms with Crippen LogP contribution in [0.4, 0.5) is 0 Å². The highest BCUT2D eigenvalue weighted by molar-refractivity contribution is 7.15. The summed E-state index contributed by atoms with van der Waals surface area (Å²) in [5, 5.41) is 3.46. The van der Waals surface area contributed by atoms with Crippen molar-refractivity contribution in [2.75, 3.05) is 32.8 Å². The quantitative estimate of drug-likeness (QED) is 0.563. The summed E-state index contributed by atoms with van der Waals surface area (Å²) < 4.78 is 13.3. The Labute approximate surface area is 198 Å². The van der Waals surface area contributed by atoms with Crippen LogP contribution in [0.1, 0.15) is 45.9 Å². The van der Waals surface area contributed by atoms with Crippen molar-refractivity contribution in [1.29, 1.82) is 0 Å². The number of hydrogen-bond acceptors (Lipinski definition) is 6. The van der Waals surface area contributed by atoms with Crippen LogP contribution < -0.4 is 5.32 Å². The van der Waals surface area contributed by atoms with Crippen LogP contribution in [0.5, 0.6) is 0 Å². The summed E-state index contributed by atoms with van der Waals surface area (Å²) >= 11 is 1.85. The molecule has 0 radical (unpaired) electrons. The average molecular weight is 466 g/mol. The molecule has 6 nitrogen and oxygen atoms in total. The van der Waals surface area contributed by atoms with E-state index in [-0.39, 0.29) is 12.1 Å². The molecule has 0 unspecified atom stereocenters. The minimum absolute atomic E-state index is 0.174. The number of nitrogens with zero attached hydrogens (tertiary/aromatic N) is 2. The lowest BCUT2D eigenvalue weighted by Crippen LogP contribution is -2.35. The van der Waals surface area contributed by atoms with Gasteiger partial charge in [-0.3, -0.25) is 0 Å². The van der Waals surface area contributed by atoms with E-state index in [1.807, 2.05) is 38.2 Å². The first-order chi connectivity index (χ1) is 15.9. The molecule has 0 aromatic carbocycles. The van der Waals surface area contributed by atoms with Gasteiger partial charge in [0.15, 0.2) is 0 Å². The third-order valence-electron chi connectivity index (χ3n) is 6.41. The summed E-state index contributed by atoms with van der Waals surface area (Å²) in [7, 11) is 0. The molecule has 0 bridgehead atoms. The third kappa shape index (κ3) is 4.21. The third-order valence-corrected chi connectivity index (χ3v) is 7.64. The lowest BCUT2D eigenvalue weighted by molar-refractivity contribution is 0.0377. The Morgan fingerprint density at radius 1 is 1.24 bits per heavy atom. The van der Waals surface area contributed by atoms with Crippen molar-refractivity contribution in [2.45, 2.75) is 39.8 Å². The van der Waals surface area contributed by atoms with Gasteiger partial charge in [0.2, 0.25) is 0 Å². The summed E-state index contributed by atoms with van der Waals surface area (Å²) in [5.74, 6) is -0.290. The molecule has 1 fully saturated rings. The number of fused-ring (bicyclic) bond motifs is 2. The molecule has 3 aromatic heterocycles. The van der Waals surface area contributed by atoms with Gasteiger partial charge in [-0.25, -0.2) is 4.79 Å². The molecule has 0 saturated carbocycles. The van der Waals surface area contributed by atoms with E-state index in [2.05, 4.69) is 39.5 Å². The highest BCUT2D eigenvalue weighted by Crippen LogP contribution is 2.36. The second-order valence-electron chi connectivity index (χ2n) is 9.04. The number of hydrogen-bond donors (Lipinski definition) is 1. The number of ether oxygens (including phenoxy) is 2. The summed E-state index contributed by atoms with van der Waals surface area (Å²) in [6.07, 6.45) is 3.08. The number of esters is 1. The van der Waals surface area contributed by atoms with Crippen LogP contribution in [0.25, 0.3) is 21.7 Å². The molecule has 0 spiro atoms. The number of pyridine rings is 1. The van der Waals surface area contributed by atoms with E-state index in [9.17, 15) is 4.79 Å². The summed E-state index contributed by atoms with van der Waals surface area (Å²) in [6, 6.07) is 6.45. The molecular weight excluding hydrogens is 434 g/mol. The Kier molecular flexibility index (Phi) is 6.03. The fourth-order valence-corrected chi connectivity index (χ4v) is 5.87. The van der Waals surface area contributed by atoms with Crippen molar-refractivity contribution in [3.63, 3.8) is 0 Å². The van der Waals surface area contributed by atoms with E-state index < -0.39 is 0 Å². The molecule has 1 N–H and O–H groups in total. The van der Waals surface area contributed by atoms with Crippen molar-refractivity contribution < 1.29 is 14.3 Å². The summed E-state index contributed by atoms with van der Waals surface area (Å²) in [5.41, 5.74) is 6.94. The summed E-state index contributed by atoms with van der Waals surface area (Å²) in [6.45, 7) is 15.1. The number of rotatable bonds is 5. The van der Waals surface area contributed by atoms with E-state index in [4.69, 9.17) is 9.47 Å². The second kappa shape index (κ2) is 8.97. The maximum Gasteiger partial charge on any atom is 0.338 e. The van der Waals surface area contributed by atoms with Crippen molar-refractivity contribution >= 4 is 28.5 Å². The van der Waals surface area contributed by atoms with E-state index in [0.717, 1.165) is 55.1 Å². The largest absolute Gasteiger partial charge is 0.459 e. The van der Waals surface area contributed by atoms with E-state index in [1.54, 1.807) is 0 Å². The molecule has 174 valence electrons. The summed E-state index contributed by atoms with van der Waals surface area (Å²) in [4.78, 5) is 17.9. The number of nitrogens with one attached hydrogen (secondary N) is 1. The number of carbonyl (C=O) groups is 1. The predicted octanol–water partition coefficient (Wildman–Crippen LogP) is 4.49. The van der Waals surface area contributed by atoms with Crippen molar-refractivity contribution in [3.8, 4) is 10.4 Å². The van der Waals surface area contributed by atoms with Crippen molar-refractivity contribution in [3.05, 3.63) is 58.2 Å². The highest BCUT2D eigenvalue weighted by atomic mass is 32.1. The number of carbonyl (C=O) groups excluding carboxylic acids is 1. The van der Waals surface area contributed by atoms with Gasteiger partial charge in [-0.1, -0.05) is 6.58 Å². The zero-order chi connectivity index (χ0) is 23.1. The van der Waals surface area contributed by atoms with Crippen molar-refractivity contribution in [1.82, 2.24) is 14.6 Å². The van der Waals surface area contributed by atoms with Crippen LogP contribution >= 0.6 is 11.3 Å². The standard InChI is InChI=1S/C26H31N3O3S/c1-16(2)32-26(30)22-13-21-11-20(23-12-19-5-6-27-14-24(19)33-23)15-29(21)25(17(22)3)18(4)28-7-9-31-10-8-28/h11-13,15-16,27H,4-10,14H2,1-3H3. The van der Waals surface area contributed by atoms with E-state index in [1.165, 1.54) is 20.9 Å². The monoisotopic (exact) mass is 465 g/mol. The van der Waals surface area contributed by atoms with Crippen LogP contribution in [-0.2, 0) is 22.4 Å². The van der Waals surface area contributed by atoms with Crippen LogP contribution in [0.15, 0.2) is 31.0 Å². The first kappa shape index (κ1) is 22.2. The van der Waals surface area contributed by atoms with E-state index >= 15 is 0 Å². The fraction of sp³-hybridized carbons (Fsp3) is 0.423. The van der Waals surface area contributed by atoms with Gasteiger partial charge in [-0.05, 0) is 63.1 Å². The molecule has 2 aliphatic heterocycles. The Bertz CT molecular complexity index is 1190. The van der Waals surface area contributed by atoms with Gasteiger partial charge in [0.05, 0.1) is 36.3 Å². The Balaban J connectivity index is 1.64. The van der Waals surface area contributed by atoms with Gasteiger partial charge in [0.25, 0.3) is 0 Å². The number of thiophene rings is 1. The molecule has 1 saturated heterocycles. The molecule has 5 rings (SSSR count). The molecule has 33 heavy (non-hydrogen) atoms. The molecule has 0 amide bonds. The Morgan fingerprint density at radius 3 is 2.76 bits per heavy atom. The SMILES string of the molecule is C=C(c1c(C)c(C(=O)OC(C)C)cc2cc(-c3cc4c(s3)CNCC4)cn12)N1CCOCC1. The maximum atomic E-state index is 13.0. The molecule has 0 atom stereocenters. The van der Waals surface area contributed by atoms with Crippen LogP contribution in [0.2, 0.25) is 0 Å². The molecule has 7 heteroatoms. The van der Waals surface area contributed by atoms with Gasteiger partial charge < -0.3 is 24.1 Å². The molecule has 2 aliphatic rings. The van der Waals surface area contributed by atoms with Crippen LogP contribution in [-0.4, -0.2) is 54.2 Å². The minimum Gasteiger partial charge on any atom is -0.459 e. The number of morpholine rings is 1. The average Bonchev–Trinajstić information content (AvgIpc) is 3.42. The zero-order valence-corrected chi connectivity index (χ0v) is 20.4. The predicted molar refractivity (Wildman–Crippen MR) is 133 cm³/mol. The first-order valence-corrected chi connectivity index (χ1v) is 12.5. The molecular formula is C26H31N3O3S. The minimum atomic E-state index is -0.290. The maximum absolute atomic E-state index is 13.0. The molecule has 0 aliphatic carbocycles. The lowest BCUT2D eigenvalue weighted by Gasteiger charge is -2.31. The smallest absolute Gasteiger partial charge is 0.338 e. The normalized spacial score (nSPS) is 16.3. The van der Waals surface area contributed by atoms with Crippen molar-refractivity contribution in [2.24, 2.45) is 0 Å². The van der Waals surface area contributed by atoms with Gasteiger partial charge in [0.1, 0.15) is 0 Å². The second-order valence-corrected chi connectivity index (χ2v) is 10.2. The first-order valence-electron chi connectivity index (χ1n) is 11.6. The molecule has 3 aromatic rings. The topological polar surface area (TPSA) is 55.2 Å². The zero-order valence-electron chi connectivity index (χ0n) is 19.6. The fourth-order valence-electron chi connectivity index (χ4n) is 4.71.